The van der Waals surface area contributed by atoms with Crippen LogP contribution >= 0.6 is 0 Å². The molecule has 0 saturated carbocycles. The third-order valence-corrected chi connectivity index (χ3v) is 12.3. The number of nitrogens with zero attached hydrogens (tertiary/aromatic N) is 6. The Hall–Kier alpha value is -7.73. The van der Waals surface area contributed by atoms with Crippen LogP contribution in [0.15, 0.2) is 76.8 Å². The van der Waals surface area contributed by atoms with Gasteiger partial charge in [0.2, 0.25) is 23.9 Å². The number of aliphatic hydroxyl groups excluding tert-OH is 2. The number of hydrogen-bond donors (Lipinski definition) is 7. The van der Waals surface area contributed by atoms with Crippen molar-refractivity contribution < 1.29 is 75.2 Å². The van der Waals surface area contributed by atoms with Crippen LogP contribution in [0.4, 0.5) is 26.0 Å². The van der Waals surface area contributed by atoms with Gasteiger partial charge in [0, 0.05) is 55.2 Å². The van der Waals surface area contributed by atoms with Crippen LogP contribution in [-0.2, 0) is 38.8 Å². The number of aromatic nitrogens is 2. The Kier molecular flexibility index (Phi) is 16.8. The number of imide groups is 1. The largest absolute Gasteiger partial charge is 0.394 e. The van der Waals surface area contributed by atoms with E-state index in [2.05, 4.69) is 31.5 Å². The van der Waals surface area contributed by atoms with E-state index in [1.54, 1.807) is 0 Å². The fraction of sp³-hybridized carbons (Fsp3) is 0.395. The van der Waals surface area contributed by atoms with Crippen LogP contribution in [-0.4, -0.2) is 150 Å². The number of hydrogen-bond acceptors (Lipinski definition) is 17. The molecule has 5 atom stereocenters. The number of unbranched alkanes of at least 4 members (excludes halogenated alkanes) is 2. The van der Waals surface area contributed by atoms with Crippen molar-refractivity contribution in [2.75, 3.05) is 36.1 Å². The average molecular weight is 1030 g/mol. The Labute approximate surface area is 406 Å². The summed E-state index contributed by atoms with van der Waals surface area (Å²) in [7, 11) is -4.84. The number of benzene rings is 2. The molecule has 3 aliphatic heterocycles. The molecule has 7 amide bonds. The second-order valence-electron chi connectivity index (χ2n) is 16.5. The average Bonchev–Trinajstić information content (AvgIpc) is 4.01. The molecule has 0 bridgehead atoms. The van der Waals surface area contributed by atoms with Gasteiger partial charge in [0.1, 0.15) is 35.3 Å². The van der Waals surface area contributed by atoms with Crippen LogP contribution in [0.2, 0.25) is 0 Å². The summed E-state index contributed by atoms with van der Waals surface area (Å²) in [6.07, 6.45) is -2.04. The molecule has 2 unspecified atom stereocenters. The zero-order chi connectivity index (χ0) is 52.7. The lowest BCUT2D eigenvalue weighted by Crippen LogP contribution is -2.54. The smallest absolute Gasteiger partial charge is 0.351 e. The number of anilines is 2. The summed E-state index contributed by atoms with van der Waals surface area (Å²) in [6.45, 7) is 0.591. The van der Waals surface area contributed by atoms with Gasteiger partial charge in [-0.1, -0.05) is 18.6 Å². The molecule has 4 heterocycles. The van der Waals surface area contributed by atoms with Gasteiger partial charge in [-0.15, -0.1) is 0 Å². The first-order chi connectivity index (χ1) is 34.0. The van der Waals surface area contributed by atoms with Gasteiger partial charge in [0.05, 0.1) is 17.2 Å². The van der Waals surface area contributed by atoms with Gasteiger partial charge >= 0.3 is 11.6 Å². The minimum absolute atomic E-state index is 0.0360. The Balaban J connectivity index is 1.03. The van der Waals surface area contributed by atoms with E-state index in [9.17, 15) is 80.4 Å². The van der Waals surface area contributed by atoms with Gasteiger partial charge in [-0.25, -0.2) is 10.2 Å². The Morgan fingerprint density at radius 2 is 1.67 bits per heavy atom. The Morgan fingerprint density at radius 1 is 0.986 bits per heavy atom. The maximum absolute atomic E-state index is 14.5. The van der Waals surface area contributed by atoms with Crippen LogP contribution < -0.4 is 27.1 Å². The lowest BCUT2D eigenvalue weighted by Gasteiger charge is -2.28. The van der Waals surface area contributed by atoms with Gasteiger partial charge < -0.3 is 35.8 Å². The molecule has 0 aliphatic carbocycles. The van der Waals surface area contributed by atoms with E-state index in [4.69, 9.17) is 4.74 Å². The monoisotopic (exact) mass is 1030 g/mol. The van der Waals surface area contributed by atoms with Crippen LogP contribution in [0.25, 0.3) is 0 Å². The Morgan fingerprint density at radius 3 is 2.29 bits per heavy atom. The highest BCUT2D eigenvalue weighted by atomic mass is 32.2. The number of alkyl halides is 2. The number of likely N-dealkylation sites (tertiary alicyclic amines) is 1. The predicted molar refractivity (Wildman–Crippen MR) is 244 cm³/mol. The van der Waals surface area contributed by atoms with Gasteiger partial charge in [-0.2, -0.15) is 27.3 Å². The third-order valence-electron chi connectivity index (χ3n) is 11.5. The topological polar surface area (TPSA) is 369 Å². The molecular formula is C43H46F2N10O16S. The van der Waals surface area contributed by atoms with Gasteiger partial charge in [-0.05, 0) is 68.5 Å². The molecule has 0 spiro atoms. The minimum Gasteiger partial charge on any atom is -0.394 e. The number of amides is 7. The predicted octanol–water partition coefficient (Wildman–Crippen LogP) is 0.231. The number of nitro benzene ring substituents is 1. The van der Waals surface area contributed by atoms with E-state index in [0.717, 1.165) is 46.3 Å². The molecule has 2 fully saturated rings. The van der Waals surface area contributed by atoms with E-state index < -0.39 is 122 Å². The van der Waals surface area contributed by atoms with E-state index in [1.807, 2.05) is 0 Å². The molecule has 7 N–H and O–H groups in total. The lowest BCUT2D eigenvalue weighted by molar-refractivity contribution is -0.385. The number of hydrazone groups is 1. The molecule has 3 aromatic rings. The molecule has 6 rings (SSSR count). The van der Waals surface area contributed by atoms with Crippen molar-refractivity contribution in [2.45, 2.75) is 81.9 Å². The summed E-state index contributed by atoms with van der Waals surface area (Å²) >= 11 is 0. The summed E-state index contributed by atoms with van der Waals surface area (Å²) in [5.41, 5.74) is 0.111. The summed E-state index contributed by atoms with van der Waals surface area (Å²) in [5.74, 6) is -10.8. The standard InChI is InChI=1S/C43H46F2N10O16S/c1-23(24-8-10-25(11-9-24)37(61)48-32-16-19-54(42(65)49-32)41-43(44,45)36(60)31(21-56)71-41)50-51-38(62)27-13-12-26(20-30(27)55(66)67)46-39(63)29-6-5-18-52(29)40(64)28(22-72(68,69)70)47-33(57)7-3-2-4-17-53-34(58)14-15-35(53)59/h8-16,19-20,28-29,31,36,41,56,60H,2-7,17-18,21-22H2,1H3,(H,46,63)(H,47,57)(H,51,62)(H,68,69,70)(H,48,49,61,65)/t28?,29?,31-,36-,41-/m1/s1. The van der Waals surface area contributed by atoms with E-state index >= 15 is 0 Å². The molecule has 384 valence electrons. The molecule has 26 nitrogen and oxygen atoms in total. The van der Waals surface area contributed by atoms with Crippen LogP contribution in [0.3, 0.4) is 0 Å². The van der Waals surface area contributed by atoms with Gasteiger partial charge in [0.25, 0.3) is 39.4 Å². The number of carbonyl (C=O) groups excluding carboxylic acids is 7. The second kappa shape index (κ2) is 22.6. The van der Waals surface area contributed by atoms with E-state index in [-0.39, 0.29) is 61.6 Å². The SMILES string of the molecule is CC(=NNC(=O)c1ccc(NC(=O)C2CCCN2C(=O)C(CS(=O)(=O)O)NC(=O)CCCCCN2C(=O)C=CC2=O)cc1[N+](=O)[O-])c1ccc(C(=O)Nc2ccn([C@@H]3O[C@H](CO)[C@@H](O)C3(F)F)c(=O)n2)cc1. The van der Waals surface area contributed by atoms with Crippen molar-refractivity contribution in [3.8, 4) is 0 Å². The molecule has 72 heavy (non-hydrogen) atoms. The van der Waals surface area contributed by atoms with Crippen molar-refractivity contribution in [1.82, 2.24) is 30.1 Å². The van der Waals surface area contributed by atoms with Gasteiger partial charge in [0.15, 0.2) is 6.10 Å². The zero-order valence-corrected chi connectivity index (χ0v) is 38.6. The fourth-order valence-corrected chi connectivity index (χ4v) is 8.45. The van der Waals surface area contributed by atoms with Crippen molar-refractivity contribution in [3.63, 3.8) is 0 Å². The van der Waals surface area contributed by atoms with Gasteiger partial charge in [-0.3, -0.25) is 57.7 Å². The van der Waals surface area contributed by atoms with Crippen molar-refractivity contribution in [2.24, 2.45) is 5.10 Å². The number of rotatable bonds is 20. The second-order valence-corrected chi connectivity index (χ2v) is 18.0. The molecule has 0 radical (unpaired) electrons. The normalized spacial score (nSPS) is 20.1. The third kappa shape index (κ3) is 12.8. The number of carbonyl (C=O) groups is 7. The number of halogens is 2. The van der Waals surface area contributed by atoms with Crippen molar-refractivity contribution in [1.29, 1.82) is 0 Å². The molecule has 29 heteroatoms. The molecule has 2 aromatic carbocycles. The van der Waals surface area contributed by atoms with Crippen LogP contribution in [0.1, 0.15) is 78.0 Å². The highest BCUT2D eigenvalue weighted by Crippen LogP contribution is 2.42. The number of nitro groups is 1. The highest BCUT2D eigenvalue weighted by molar-refractivity contribution is 7.85. The summed E-state index contributed by atoms with van der Waals surface area (Å²) in [6, 6.07) is 6.60. The van der Waals surface area contributed by atoms with Crippen molar-refractivity contribution >= 4 is 74.4 Å². The fourth-order valence-electron chi connectivity index (χ4n) is 7.81. The maximum Gasteiger partial charge on any atom is 0.351 e. The molecule has 1 aromatic heterocycles. The number of ether oxygens (including phenoxy) is 1. The number of aliphatic hydroxyl groups is 2. The Bertz CT molecular complexity index is 2880. The highest BCUT2D eigenvalue weighted by Gasteiger charge is 2.59. The first kappa shape index (κ1) is 53.6. The molecular weight excluding hydrogens is 983 g/mol. The first-order valence-electron chi connectivity index (χ1n) is 21.8. The quantitative estimate of drug-likeness (QED) is 0.0199. The van der Waals surface area contributed by atoms with Crippen LogP contribution in [0, 0.1) is 10.1 Å². The molecule has 2 saturated heterocycles. The summed E-state index contributed by atoms with van der Waals surface area (Å²) in [4.78, 5) is 119. The van der Waals surface area contributed by atoms with Crippen molar-refractivity contribution in [3.05, 3.63) is 104 Å². The van der Waals surface area contributed by atoms with E-state index in [0.29, 0.717) is 23.0 Å². The van der Waals surface area contributed by atoms with Crippen LogP contribution in [0.5, 0.6) is 0 Å². The minimum atomic E-state index is -4.84. The lowest BCUT2D eigenvalue weighted by atomic mass is 10.1. The summed E-state index contributed by atoms with van der Waals surface area (Å²) in [5, 5.41) is 42.1. The first-order valence-corrected chi connectivity index (χ1v) is 23.5. The maximum atomic E-state index is 14.5. The van der Waals surface area contributed by atoms with E-state index in [1.165, 1.54) is 37.3 Å². The molecule has 3 aliphatic rings. The summed E-state index contributed by atoms with van der Waals surface area (Å²) < 4.78 is 67.8. The zero-order valence-electron chi connectivity index (χ0n) is 37.8. The number of nitrogens with one attached hydrogen (secondary N) is 4.